The van der Waals surface area contributed by atoms with E-state index in [-0.39, 0.29) is 11.2 Å². The van der Waals surface area contributed by atoms with Crippen LogP contribution in [0.1, 0.15) is 29.7 Å². The van der Waals surface area contributed by atoms with Crippen molar-refractivity contribution in [1.29, 1.82) is 0 Å². The van der Waals surface area contributed by atoms with Gasteiger partial charge < -0.3 is 0 Å². The quantitative estimate of drug-likeness (QED) is 0.851. The van der Waals surface area contributed by atoms with E-state index in [0.717, 1.165) is 35.9 Å². The van der Waals surface area contributed by atoms with Gasteiger partial charge in [-0.15, -0.1) is 11.3 Å². The van der Waals surface area contributed by atoms with Crippen LogP contribution >= 0.6 is 24.0 Å². The normalized spacial score (nSPS) is 14.8. The molecule has 4 nitrogen and oxygen atoms in total. The lowest BCUT2D eigenvalue weighted by Crippen LogP contribution is -2.35. The zero-order valence-electron chi connectivity index (χ0n) is 10.6. The maximum absolute atomic E-state index is 12.5. The van der Waals surface area contributed by atoms with Crippen LogP contribution in [0.25, 0.3) is 10.2 Å². The molecule has 0 unspecified atom stereocenters. The smallest absolute Gasteiger partial charge is 0.298 e. The number of rotatable bonds is 3. The summed E-state index contributed by atoms with van der Waals surface area (Å²) in [5, 5.41) is 0.749. The van der Waals surface area contributed by atoms with E-state index in [1.807, 2.05) is 0 Å². The molecule has 0 atom stereocenters. The number of nitrogens with one attached hydrogen (secondary N) is 1. The Balaban J connectivity index is 2.24. The fourth-order valence-electron chi connectivity index (χ4n) is 2.70. The molecule has 1 aliphatic carbocycles. The fraction of sp³-hybridized carbons (Fsp3) is 0.538. The third-order valence-corrected chi connectivity index (χ3v) is 5.16. The van der Waals surface area contributed by atoms with E-state index < -0.39 is 0 Å². The zero-order chi connectivity index (χ0) is 13.4. The third kappa shape index (κ3) is 2.17. The van der Waals surface area contributed by atoms with Gasteiger partial charge in [0.15, 0.2) is 0 Å². The molecule has 2 aromatic rings. The molecule has 1 N–H and O–H groups in total. The summed E-state index contributed by atoms with van der Waals surface area (Å²) in [7, 11) is 0. The molecule has 0 saturated carbocycles. The van der Waals surface area contributed by atoms with E-state index in [4.69, 9.17) is 0 Å². The number of aromatic nitrogens is 2. The van der Waals surface area contributed by atoms with Crippen LogP contribution in [0.3, 0.4) is 0 Å². The van der Waals surface area contributed by atoms with Crippen LogP contribution < -0.4 is 11.2 Å². The van der Waals surface area contributed by atoms with Crippen molar-refractivity contribution in [1.82, 2.24) is 9.55 Å². The monoisotopic (exact) mass is 296 g/mol. The Morgan fingerprint density at radius 3 is 2.84 bits per heavy atom. The van der Waals surface area contributed by atoms with Crippen LogP contribution in [0.15, 0.2) is 9.59 Å². The number of hydrogen-bond donors (Lipinski definition) is 2. The topological polar surface area (TPSA) is 54.9 Å². The molecule has 102 valence electrons. The Labute approximate surface area is 119 Å². The van der Waals surface area contributed by atoms with Crippen molar-refractivity contribution in [2.24, 2.45) is 0 Å². The van der Waals surface area contributed by atoms with Crippen LogP contribution in [-0.4, -0.2) is 15.3 Å². The first-order chi connectivity index (χ1) is 9.22. The highest BCUT2D eigenvalue weighted by Crippen LogP contribution is 2.32. The van der Waals surface area contributed by atoms with Gasteiger partial charge in [-0.25, -0.2) is 4.79 Å². The number of thiophene rings is 1. The molecular formula is C13H16N2O2S2. The summed E-state index contributed by atoms with van der Waals surface area (Å²) in [6.07, 6.45) is 5.03. The lowest BCUT2D eigenvalue weighted by atomic mass is 9.97. The van der Waals surface area contributed by atoms with Crippen LogP contribution in [0, 0.1) is 0 Å². The van der Waals surface area contributed by atoms with Gasteiger partial charge in [-0.2, -0.15) is 12.6 Å². The second kappa shape index (κ2) is 5.17. The highest BCUT2D eigenvalue weighted by Gasteiger charge is 2.20. The van der Waals surface area contributed by atoms with Gasteiger partial charge in [0.2, 0.25) is 0 Å². The highest BCUT2D eigenvalue weighted by atomic mass is 32.1. The van der Waals surface area contributed by atoms with Gasteiger partial charge in [-0.05, 0) is 43.4 Å². The molecule has 0 aromatic carbocycles. The molecule has 2 heterocycles. The van der Waals surface area contributed by atoms with Gasteiger partial charge in [-0.3, -0.25) is 14.3 Å². The molecule has 2 aromatic heterocycles. The molecule has 0 saturated heterocycles. The van der Waals surface area contributed by atoms with Gasteiger partial charge in [0.05, 0.1) is 5.39 Å². The molecule has 0 aliphatic heterocycles. The zero-order valence-corrected chi connectivity index (χ0v) is 12.3. The third-order valence-electron chi connectivity index (χ3n) is 3.64. The van der Waals surface area contributed by atoms with Crippen molar-refractivity contribution in [2.75, 3.05) is 5.75 Å². The summed E-state index contributed by atoms with van der Waals surface area (Å²) in [5.41, 5.74) is 0.755. The fourth-order valence-corrected chi connectivity index (χ4v) is 4.12. The lowest BCUT2D eigenvalue weighted by Gasteiger charge is -2.10. The maximum atomic E-state index is 12.5. The van der Waals surface area contributed by atoms with Crippen molar-refractivity contribution < 1.29 is 0 Å². The lowest BCUT2D eigenvalue weighted by molar-refractivity contribution is 0.626. The van der Waals surface area contributed by atoms with Gasteiger partial charge in [0, 0.05) is 11.4 Å². The first kappa shape index (κ1) is 13.0. The van der Waals surface area contributed by atoms with Gasteiger partial charge in [0.1, 0.15) is 4.83 Å². The molecule has 3 rings (SSSR count). The van der Waals surface area contributed by atoms with E-state index in [1.54, 1.807) is 11.3 Å². The number of H-pyrrole nitrogens is 1. The van der Waals surface area contributed by atoms with Crippen molar-refractivity contribution in [2.45, 2.75) is 38.6 Å². The molecule has 0 radical (unpaired) electrons. The summed E-state index contributed by atoms with van der Waals surface area (Å²) in [5.74, 6) is 0.672. The molecule has 0 amide bonds. The molecule has 6 heteroatoms. The summed E-state index contributed by atoms with van der Waals surface area (Å²) in [4.78, 5) is 29.4. The predicted molar refractivity (Wildman–Crippen MR) is 81.8 cm³/mol. The van der Waals surface area contributed by atoms with Gasteiger partial charge in [-0.1, -0.05) is 0 Å². The van der Waals surface area contributed by atoms with Crippen LogP contribution in [0.4, 0.5) is 0 Å². The largest absolute Gasteiger partial charge is 0.329 e. The molecule has 0 bridgehead atoms. The molecule has 0 fully saturated rings. The van der Waals surface area contributed by atoms with Crippen LogP contribution in [0.2, 0.25) is 0 Å². The van der Waals surface area contributed by atoms with Crippen molar-refractivity contribution >= 4 is 34.2 Å². The number of aromatic amines is 1. The van der Waals surface area contributed by atoms with E-state index in [9.17, 15) is 9.59 Å². The van der Waals surface area contributed by atoms with Crippen molar-refractivity contribution in [3.63, 3.8) is 0 Å². The molecule has 19 heavy (non-hydrogen) atoms. The number of nitrogens with zero attached hydrogens (tertiary/aromatic N) is 1. The van der Waals surface area contributed by atoms with Gasteiger partial charge >= 0.3 is 5.69 Å². The first-order valence-corrected chi connectivity index (χ1v) is 8.05. The minimum Gasteiger partial charge on any atom is -0.298 e. The number of aryl methyl sites for hydroxylation is 2. The first-order valence-electron chi connectivity index (χ1n) is 6.60. The standard InChI is InChI=1S/C13H16N2O2S2/c16-12-10-8-4-1-2-5-9(8)19-11(10)14-13(17)15(12)6-3-7-18/h18H,1-7H2,(H,14,17). The minimum absolute atomic E-state index is 0.125. The second-order valence-corrected chi connectivity index (χ2v) is 6.43. The van der Waals surface area contributed by atoms with E-state index in [0.29, 0.717) is 12.3 Å². The van der Waals surface area contributed by atoms with Crippen molar-refractivity contribution in [3.8, 4) is 0 Å². The number of fused-ring (bicyclic) bond motifs is 3. The summed E-state index contributed by atoms with van der Waals surface area (Å²) >= 11 is 5.71. The van der Waals surface area contributed by atoms with E-state index in [1.165, 1.54) is 21.4 Å². The summed E-state index contributed by atoms with van der Waals surface area (Å²) in [6.45, 7) is 0.443. The SMILES string of the molecule is O=c1[nH]c2sc3c(c2c(=O)n1CCCS)CCCC3. The van der Waals surface area contributed by atoms with E-state index in [2.05, 4.69) is 17.6 Å². The number of thiol groups is 1. The molecular weight excluding hydrogens is 280 g/mol. The average molecular weight is 296 g/mol. The highest BCUT2D eigenvalue weighted by molar-refractivity contribution is 7.80. The van der Waals surface area contributed by atoms with Crippen LogP contribution in [0.5, 0.6) is 0 Å². The Morgan fingerprint density at radius 1 is 1.26 bits per heavy atom. The Kier molecular flexibility index (Phi) is 3.54. The van der Waals surface area contributed by atoms with Crippen molar-refractivity contribution in [3.05, 3.63) is 31.3 Å². The maximum Gasteiger partial charge on any atom is 0.329 e. The summed E-state index contributed by atoms with van der Waals surface area (Å²) in [6, 6.07) is 0. The summed E-state index contributed by atoms with van der Waals surface area (Å²) < 4.78 is 1.32. The predicted octanol–water partition coefficient (Wildman–Crippen LogP) is 1.95. The second-order valence-electron chi connectivity index (χ2n) is 4.88. The minimum atomic E-state index is -0.294. The van der Waals surface area contributed by atoms with Crippen LogP contribution in [-0.2, 0) is 19.4 Å². The Hall–Kier alpha value is -1.01. The van der Waals surface area contributed by atoms with E-state index >= 15 is 0 Å². The average Bonchev–Trinajstić information content (AvgIpc) is 2.76. The Bertz CT molecular complexity index is 727. The number of hydrogen-bond acceptors (Lipinski definition) is 4. The molecule has 0 spiro atoms. The van der Waals surface area contributed by atoms with Gasteiger partial charge in [0.25, 0.3) is 5.56 Å². The Morgan fingerprint density at radius 2 is 2.05 bits per heavy atom. The molecule has 1 aliphatic rings.